The lowest BCUT2D eigenvalue weighted by Crippen LogP contribution is -2.66. The summed E-state index contributed by atoms with van der Waals surface area (Å²) in [5.41, 5.74) is -0.0445. The fraction of sp³-hybridized carbons (Fsp3) is 0.600. The van der Waals surface area contributed by atoms with Gasteiger partial charge in [-0.2, -0.15) is 0 Å². The van der Waals surface area contributed by atoms with Crippen LogP contribution in [0.1, 0.15) is 71.4 Å². The maximum absolute atomic E-state index is 13.1. The monoisotopic (exact) mass is 444 g/mol. The Hall–Kier alpha value is -1.95. The number of carbonyl (C=O) groups excluding carboxylic acids is 2. The Balaban J connectivity index is 1.97. The highest BCUT2D eigenvalue weighted by molar-refractivity contribution is 7.99. The first kappa shape index (κ1) is 23.7. The number of nitrogens with one attached hydrogen (secondary N) is 1. The standard InChI is InChI=1S/C25H36N2O3S/c1-6-16-27-22(28)19-12-14-25(27,15-13-19)21(26-23(29)30-24(3,4)5)18-8-10-20(11-9-18)31-17-7-2/h6,8-11,19,21H,1,7,12-17H2,2-5H3,(H,26,29)/t19?,21-,25?/m1/s1. The highest BCUT2D eigenvalue weighted by Gasteiger charge is 2.55. The lowest BCUT2D eigenvalue weighted by Gasteiger charge is -2.57. The number of rotatable bonds is 8. The molecule has 0 radical (unpaired) electrons. The van der Waals surface area contributed by atoms with Crippen LogP contribution in [0.2, 0.25) is 0 Å². The van der Waals surface area contributed by atoms with Gasteiger partial charge in [0.1, 0.15) is 5.60 Å². The predicted molar refractivity (Wildman–Crippen MR) is 126 cm³/mol. The highest BCUT2D eigenvalue weighted by Crippen LogP contribution is 2.50. The number of hydrogen-bond donors (Lipinski definition) is 1. The fourth-order valence-electron chi connectivity index (χ4n) is 4.85. The number of ether oxygens (including phenoxy) is 1. The van der Waals surface area contributed by atoms with Gasteiger partial charge in [0.05, 0.1) is 11.6 Å². The maximum atomic E-state index is 13.1. The topological polar surface area (TPSA) is 58.6 Å². The second-order valence-corrected chi connectivity index (χ2v) is 10.8. The van der Waals surface area contributed by atoms with Crippen molar-refractivity contribution >= 4 is 23.8 Å². The van der Waals surface area contributed by atoms with Crippen LogP contribution in [0, 0.1) is 5.92 Å². The minimum absolute atomic E-state index is 0.0943. The van der Waals surface area contributed by atoms with E-state index in [1.807, 2.05) is 37.4 Å². The number of benzene rings is 1. The molecule has 1 aromatic rings. The summed E-state index contributed by atoms with van der Waals surface area (Å²) < 4.78 is 5.60. The molecule has 1 aromatic carbocycles. The molecule has 0 unspecified atom stereocenters. The molecule has 3 fully saturated rings. The van der Waals surface area contributed by atoms with Crippen LogP contribution in [-0.4, -0.2) is 40.3 Å². The molecule has 3 aliphatic rings. The summed E-state index contributed by atoms with van der Waals surface area (Å²) in [6, 6.07) is 8.07. The quantitative estimate of drug-likeness (QED) is 0.412. The Morgan fingerprint density at radius 1 is 1.32 bits per heavy atom. The average molecular weight is 445 g/mol. The number of amides is 2. The molecule has 2 amide bonds. The summed E-state index contributed by atoms with van der Waals surface area (Å²) in [4.78, 5) is 29.2. The van der Waals surface area contributed by atoms with Gasteiger partial charge in [0.25, 0.3) is 0 Å². The van der Waals surface area contributed by atoms with E-state index in [2.05, 4.69) is 43.1 Å². The van der Waals surface area contributed by atoms with E-state index in [1.165, 1.54) is 4.90 Å². The van der Waals surface area contributed by atoms with Crippen molar-refractivity contribution in [3.63, 3.8) is 0 Å². The Kier molecular flexibility index (Phi) is 7.40. The SMILES string of the molecule is C=CCN1C(=O)C2CCC1([C@H](NC(=O)OC(C)(C)C)c1ccc(SCCC)cc1)CC2. The van der Waals surface area contributed by atoms with Gasteiger partial charge in [-0.25, -0.2) is 4.79 Å². The molecule has 2 saturated heterocycles. The molecule has 170 valence electrons. The Labute approximate surface area is 191 Å². The predicted octanol–water partition coefficient (Wildman–Crippen LogP) is 5.71. The minimum Gasteiger partial charge on any atom is -0.444 e. The van der Waals surface area contributed by atoms with Crippen molar-refractivity contribution in [3.05, 3.63) is 42.5 Å². The number of hydrogen-bond acceptors (Lipinski definition) is 4. The Morgan fingerprint density at radius 2 is 1.97 bits per heavy atom. The molecule has 0 spiro atoms. The Morgan fingerprint density at radius 3 is 2.52 bits per heavy atom. The van der Waals surface area contributed by atoms with Crippen LogP contribution >= 0.6 is 11.8 Å². The van der Waals surface area contributed by atoms with Crippen molar-refractivity contribution in [2.45, 2.75) is 81.9 Å². The van der Waals surface area contributed by atoms with Crippen molar-refractivity contribution in [2.24, 2.45) is 5.92 Å². The van der Waals surface area contributed by atoms with E-state index < -0.39 is 17.2 Å². The van der Waals surface area contributed by atoms with Crippen molar-refractivity contribution < 1.29 is 14.3 Å². The third kappa shape index (κ3) is 5.28. The van der Waals surface area contributed by atoms with E-state index >= 15 is 0 Å². The summed E-state index contributed by atoms with van der Waals surface area (Å²) >= 11 is 1.83. The number of fused-ring (bicyclic) bond motifs is 3. The lowest BCUT2D eigenvalue weighted by atomic mass is 9.65. The number of thioether (sulfide) groups is 1. The average Bonchev–Trinajstić information content (AvgIpc) is 2.73. The molecule has 1 aliphatic carbocycles. The molecular formula is C25H36N2O3S. The number of carbonyl (C=O) groups is 2. The molecule has 2 bridgehead atoms. The van der Waals surface area contributed by atoms with Crippen molar-refractivity contribution in [1.82, 2.24) is 10.2 Å². The third-order valence-corrected chi connectivity index (χ3v) is 7.42. The summed E-state index contributed by atoms with van der Waals surface area (Å²) in [7, 11) is 0. The smallest absolute Gasteiger partial charge is 0.408 e. The van der Waals surface area contributed by atoms with Crippen molar-refractivity contribution in [2.75, 3.05) is 12.3 Å². The zero-order valence-corrected chi connectivity index (χ0v) is 20.1. The summed E-state index contributed by atoms with van der Waals surface area (Å²) in [5, 5.41) is 3.15. The van der Waals surface area contributed by atoms with Crippen LogP contribution in [0.3, 0.4) is 0 Å². The molecule has 1 N–H and O–H groups in total. The van der Waals surface area contributed by atoms with Gasteiger partial charge in [0, 0.05) is 17.4 Å². The summed E-state index contributed by atoms with van der Waals surface area (Å²) in [6.07, 6.45) is 5.92. The molecule has 2 aliphatic heterocycles. The molecule has 1 atom stereocenters. The largest absolute Gasteiger partial charge is 0.444 e. The first-order chi connectivity index (χ1) is 14.7. The van der Waals surface area contributed by atoms with Gasteiger partial charge in [-0.1, -0.05) is 25.1 Å². The van der Waals surface area contributed by atoms with Crippen molar-refractivity contribution in [3.8, 4) is 0 Å². The molecule has 2 heterocycles. The number of alkyl carbamates (subject to hydrolysis) is 1. The van der Waals surface area contributed by atoms with Crippen LogP contribution in [0.15, 0.2) is 41.8 Å². The third-order valence-electron chi connectivity index (χ3n) is 6.20. The molecule has 31 heavy (non-hydrogen) atoms. The molecule has 6 heteroatoms. The van der Waals surface area contributed by atoms with E-state index in [1.54, 1.807) is 6.08 Å². The normalized spacial score (nSPS) is 24.1. The zero-order chi connectivity index (χ0) is 22.6. The van der Waals surface area contributed by atoms with E-state index in [0.29, 0.717) is 6.54 Å². The zero-order valence-electron chi connectivity index (χ0n) is 19.3. The number of nitrogens with zero attached hydrogens (tertiary/aromatic N) is 1. The Bertz CT molecular complexity index is 792. The van der Waals surface area contributed by atoms with Crippen LogP contribution in [0.4, 0.5) is 4.79 Å². The second-order valence-electron chi connectivity index (χ2n) is 9.61. The van der Waals surface area contributed by atoms with Crippen LogP contribution in [-0.2, 0) is 9.53 Å². The van der Waals surface area contributed by atoms with Gasteiger partial charge in [-0.05, 0) is 76.3 Å². The molecule has 4 rings (SSSR count). The molecule has 0 aromatic heterocycles. The van der Waals surface area contributed by atoms with Crippen LogP contribution < -0.4 is 5.32 Å². The second kappa shape index (κ2) is 9.68. The van der Waals surface area contributed by atoms with Crippen molar-refractivity contribution in [1.29, 1.82) is 0 Å². The van der Waals surface area contributed by atoms with Gasteiger partial charge in [0.2, 0.25) is 5.91 Å². The minimum atomic E-state index is -0.589. The van der Waals surface area contributed by atoms with Crippen LogP contribution in [0.5, 0.6) is 0 Å². The first-order valence-corrected chi connectivity index (χ1v) is 12.3. The van der Waals surface area contributed by atoms with Crippen LogP contribution in [0.25, 0.3) is 0 Å². The van der Waals surface area contributed by atoms with Gasteiger partial charge in [0.15, 0.2) is 0 Å². The number of piperidine rings is 2. The highest BCUT2D eigenvalue weighted by atomic mass is 32.2. The van der Waals surface area contributed by atoms with Gasteiger partial charge < -0.3 is 15.0 Å². The lowest BCUT2D eigenvalue weighted by molar-refractivity contribution is -0.158. The van der Waals surface area contributed by atoms with Gasteiger partial charge in [-0.3, -0.25) is 4.79 Å². The summed E-state index contributed by atoms with van der Waals surface area (Å²) in [5.74, 6) is 1.35. The van der Waals surface area contributed by atoms with E-state index in [9.17, 15) is 9.59 Å². The molecule has 5 nitrogen and oxygen atoms in total. The fourth-order valence-corrected chi connectivity index (χ4v) is 5.62. The van der Waals surface area contributed by atoms with E-state index in [0.717, 1.165) is 43.4 Å². The molecule has 1 saturated carbocycles. The van der Waals surface area contributed by atoms with E-state index in [-0.39, 0.29) is 17.9 Å². The molecular weight excluding hydrogens is 408 g/mol. The first-order valence-electron chi connectivity index (χ1n) is 11.3. The van der Waals surface area contributed by atoms with E-state index in [4.69, 9.17) is 4.74 Å². The van der Waals surface area contributed by atoms with Gasteiger partial charge in [-0.15, -0.1) is 18.3 Å². The van der Waals surface area contributed by atoms with Gasteiger partial charge >= 0.3 is 6.09 Å². The summed E-state index contributed by atoms with van der Waals surface area (Å²) in [6.45, 7) is 12.1. The maximum Gasteiger partial charge on any atom is 0.408 e.